The predicted octanol–water partition coefficient (Wildman–Crippen LogP) is 2.67. The number of carboxylic acids is 2. The number of alkyl halides is 4. The van der Waals surface area contributed by atoms with E-state index in [9.17, 15) is 90.2 Å². The molecular weight excluding hydrogens is 1430 g/mol. The molecule has 35 nitrogen and oxygen atoms in total. The van der Waals surface area contributed by atoms with Gasteiger partial charge in [-0.2, -0.15) is 45.9 Å². The second kappa shape index (κ2) is 35.9. The zero-order valence-electron chi connectivity index (χ0n) is 51.6. The Bertz CT molecular complexity index is 4210. The molecule has 2 aromatic carbocycles. The molecule has 532 valence electrons. The fourth-order valence-electron chi connectivity index (χ4n) is 7.79. The minimum Gasteiger partial charge on any atom is -0.778 e. The smallest absolute Gasteiger partial charge is 0.388 e. The Kier molecular flexibility index (Phi) is 29.5. The van der Waals surface area contributed by atoms with Crippen LogP contribution in [0.3, 0.4) is 0 Å². The normalized spacial score (nSPS) is 13.9. The van der Waals surface area contributed by atoms with Crippen LogP contribution in [0.1, 0.15) is 43.0 Å². The maximum absolute atomic E-state index is 14.7. The maximum atomic E-state index is 14.7. The lowest BCUT2D eigenvalue weighted by molar-refractivity contribution is -0.193. The zero-order chi connectivity index (χ0) is 73.6. The number of terminal acetylenes is 1. The summed E-state index contributed by atoms with van der Waals surface area (Å²) in [4.78, 5) is 119. The van der Waals surface area contributed by atoms with Crippen LogP contribution in [0.25, 0.3) is 0 Å². The minimum absolute atomic E-state index is 0.0170. The number of pyridine rings is 1. The summed E-state index contributed by atoms with van der Waals surface area (Å²) in [7, 11) is -14.3. The number of sulfonamides is 2. The highest BCUT2D eigenvalue weighted by atomic mass is 32.2. The van der Waals surface area contributed by atoms with Crippen molar-refractivity contribution < 1.29 is 129 Å². The first-order chi connectivity index (χ1) is 45.8. The number of aromatic carboxylic acids is 1. The van der Waals surface area contributed by atoms with Crippen LogP contribution in [0.2, 0.25) is 0 Å². The number of ether oxygens (including phenoxy) is 5. The molecule has 3 aliphatic rings. The SMILES string of the molecule is C#CCN1C(=O)COc2cc(F)c(N3C(=O)C4=C(CCCC4)C3=O)cc21.CCS(=O)(=O)c1cccnc1S(=O)(=O)NC(=O)Nc1nc(OC)cc(OC)n1.C[S+](C)C.O=C(Nc1nc(OC(F)F)cc(OC(F)F)n1)NS(=O)(=O)c1ccccc1C(=O)O.O=C(O)CNCP(=O)([O-])O. The first kappa shape index (κ1) is 80.5. The van der Waals surface area contributed by atoms with E-state index in [-0.39, 0.29) is 59.6 Å². The predicted molar refractivity (Wildman–Crippen MR) is 331 cm³/mol. The van der Waals surface area contributed by atoms with Crippen molar-refractivity contribution in [2.75, 3.05) is 85.2 Å². The first-order valence-corrected chi connectivity index (χ1v) is 35.8. The van der Waals surface area contributed by atoms with Gasteiger partial charge in [0.05, 0.1) is 87.2 Å². The standard InChI is InChI=1S/C19H15FN2O4.C14H10F4N4O7S.C14H17N5O7S2.C3H8NO5P.C3H9S/c1-2-7-21-15-9-14(13(20)8-16(15)26-10-17(21)23)22-18(24)11-5-3-4-6-12(11)19(22)25;15-11(16)28-8-5-9(29-12(17)18)20-13(19-8)21-14(25)22-30(26,27)7-4-2-1-3-6(7)10(23)24;1-4-27(21,22)9-6-5-7-15-12(9)28(23,24)19-14(20)18-13-16-10(25-2)8-11(17-13)26-3;5-3(6)1-4-2-10(7,8)9;1-4(2)3/h1,8-9H,3-7,10H2;1-5,11-12H,(H,23,24)(H2,19,20,21,22,25);5-8H,4H2,1-3H3,(H2,16,17,18,19,20);4H,1-2H2,(H,5,6)(H2,7,8,9);1-3H3/q;;;;+1/p-1. The number of fused-ring (bicyclic) bond motifs is 1. The van der Waals surface area contributed by atoms with Crippen molar-refractivity contribution in [1.29, 1.82) is 0 Å². The number of urea groups is 2. The van der Waals surface area contributed by atoms with Crippen molar-refractivity contribution in [3.8, 4) is 41.6 Å². The topological polar surface area (TPSA) is 500 Å². The molecule has 1 atom stereocenters. The number of carbonyl (C=O) groups is 7. The molecule has 45 heteroatoms. The summed E-state index contributed by atoms with van der Waals surface area (Å²) >= 11 is 0. The molecule has 0 saturated carbocycles. The van der Waals surface area contributed by atoms with Crippen LogP contribution in [0, 0.1) is 18.2 Å². The van der Waals surface area contributed by atoms with Crippen LogP contribution < -0.4 is 63.8 Å². The van der Waals surface area contributed by atoms with Gasteiger partial charge in [0.15, 0.2) is 27.3 Å². The maximum Gasteiger partial charge on any atom is 0.388 e. The number of amides is 7. The largest absolute Gasteiger partial charge is 0.778 e. The molecule has 0 saturated heterocycles. The monoisotopic (exact) mass is 1480 g/mol. The Morgan fingerprint density at radius 1 is 0.765 bits per heavy atom. The Labute approximate surface area is 556 Å². The van der Waals surface area contributed by atoms with E-state index in [2.05, 4.69) is 64.4 Å². The molecule has 5 heterocycles. The van der Waals surface area contributed by atoms with E-state index in [1.54, 1.807) is 10.0 Å². The molecule has 2 aliphatic heterocycles. The average Bonchev–Trinajstić information content (AvgIpc) is 1.55. The highest BCUT2D eigenvalue weighted by Gasteiger charge is 2.42. The number of imide groups is 1. The number of benzene rings is 2. The number of hydrogen-bond donors (Lipinski definition) is 8. The van der Waals surface area contributed by atoms with E-state index in [4.69, 9.17) is 35.7 Å². The molecule has 98 heavy (non-hydrogen) atoms. The van der Waals surface area contributed by atoms with Gasteiger partial charge in [-0.15, -0.1) is 6.42 Å². The van der Waals surface area contributed by atoms with Gasteiger partial charge in [-0.1, -0.05) is 25.0 Å². The summed E-state index contributed by atoms with van der Waals surface area (Å²) in [6, 6.07) is 8.07. The fourth-order valence-corrected chi connectivity index (χ4v) is 11.8. The van der Waals surface area contributed by atoms with Crippen LogP contribution in [0.15, 0.2) is 92.8 Å². The van der Waals surface area contributed by atoms with Crippen LogP contribution >= 0.6 is 7.60 Å². The van der Waals surface area contributed by atoms with Gasteiger partial charge in [-0.05, 0) is 66.9 Å². The minimum atomic E-state index is -4.71. The van der Waals surface area contributed by atoms with E-state index in [0.29, 0.717) is 40.9 Å². The van der Waals surface area contributed by atoms with Gasteiger partial charge in [0, 0.05) is 23.4 Å². The van der Waals surface area contributed by atoms with Crippen LogP contribution in [-0.2, 0) is 64.5 Å². The second-order valence-electron chi connectivity index (χ2n) is 19.2. The first-order valence-electron chi connectivity index (χ1n) is 27.0. The number of rotatable bonds is 21. The number of aromatic nitrogens is 5. The summed E-state index contributed by atoms with van der Waals surface area (Å²) in [6.07, 6.45) is 15.0. The lowest BCUT2D eigenvalue weighted by atomic mass is 9.93. The van der Waals surface area contributed by atoms with Crippen molar-refractivity contribution in [3.05, 3.63) is 89.4 Å². The molecule has 1 unspecified atom stereocenters. The molecule has 0 fully saturated rings. The van der Waals surface area contributed by atoms with E-state index >= 15 is 0 Å². The van der Waals surface area contributed by atoms with Crippen molar-refractivity contribution >= 4 is 113 Å². The summed E-state index contributed by atoms with van der Waals surface area (Å²) in [5.74, 6) is -5.74. The Hall–Kier alpha value is -9.90. The zero-order valence-corrected chi connectivity index (χ0v) is 55.7. The van der Waals surface area contributed by atoms with Crippen molar-refractivity contribution in [1.82, 2.24) is 39.7 Å². The number of sulfone groups is 1. The third-order valence-corrected chi connectivity index (χ3v) is 16.8. The molecule has 7 amide bonds. The van der Waals surface area contributed by atoms with Crippen LogP contribution in [0.5, 0.6) is 29.3 Å². The highest BCUT2D eigenvalue weighted by molar-refractivity contribution is 7.94. The Morgan fingerprint density at radius 3 is 1.72 bits per heavy atom. The van der Waals surface area contributed by atoms with Crippen molar-refractivity contribution in [2.24, 2.45) is 0 Å². The molecule has 5 aromatic rings. The van der Waals surface area contributed by atoms with E-state index in [1.165, 1.54) is 61.1 Å². The van der Waals surface area contributed by atoms with E-state index < -0.39 is 143 Å². The fraction of sp³-hybridized carbons (Fsp3) is 0.321. The number of aliphatic carboxylic acids is 1. The molecule has 3 aromatic heterocycles. The summed E-state index contributed by atoms with van der Waals surface area (Å²) in [6.45, 7) is -6.20. The van der Waals surface area contributed by atoms with Crippen LogP contribution in [-0.4, -0.2) is 185 Å². The molecule has 0 bridgehead atoms. The number of nitrogens with one attached hydrogen (secondary N) is 5. The number of methoxy groups -OCH3 is 2. The number of hydrogen-bond acceptors (Lipinski definition) is 26. The number of halogens is 5. The van der Waals surface area contributed by atoms with E-state index in [1.807, 2.05) is 5.32 Å². The number of nitrogens with zero attached hydrogens (tertiary/aromatic N) is 7. The summed E-state index contributed by atoms with van der Waals surface area (Å²) in [5.41, 5.74) is 0.348. The average molecular weight is 1490 g/mol. The van der Waals surface area contributed by atoms with Gasteiger partial charge in [0.1, 0.15) is 23.1 Å². The van der Waals surface area contributed by atoms with Crippen molar-refractivity contribution in [2.45, 2.75) is 60.6 Å². The third kappa shape index (κ3) is 24.0. The van der Waals surface area contributed by atoms with Gasteiger partial charge in [0.2, 0.25) is 35.4 Å². The van der Waals surface area contributed by atoms with Crippen LogP contribution in [0.4, 0.5) is 54.8 Å². The third-order valence-electron chi connectivity index (χ3n) is 11.7. The highest BCUT2D eigenvalue weighted by Crippen LogP contribution is 2.42. The summed E-state index contributed by atoms with van der Waals surface area (Å²) < 4.78 is 174. The van der Waals surface area contributed by atoms with Crippen molar-refractivity contribution in [3.63, 3.8) is 0 Å². The number of anilines is 4. The van der Waals surface area contributed by atoms with Gasteiger partial charge in [-0.25, -0.2) is 54.9 Å². The Morgan fingerprint density at radius 2 is 1.26 bits per heavy atom. The molecule has 1 aliphatic carbocycles. The lowest BCUT2D eigenvalue weighted by Crippen LogP contribution is -2.39. The Balaban J connectivity index is 0.000000284. The molecule has 8 rings (SSSR count). The van der Waals surface area contributed by atoms with Gasteiger partial charge >= 0.3 is 37.2 Å². The molecule has 0 radical (unpaired) electrons. The second-order valence-corrected chi connectivity index (χ2v) is 28.8. The summed E-state index contributed by atoms with van der Waals surface area (Å²) in [5, 5.41) is 22.0. The molecule has 0 spiro atoms. The number of carboxylic acid groups (broad SMARTS) is 2. The molecular formula is C53H58F5N12O23PS4. The molecule has 8 N–H and O–H groups in total. The lowest BCUT2D eigenvalue weighted by Gasteiger charge is -2.29. The quantitative estimate of drug-likeness (QED) is 0.0172. The van der Waals surface area contributed by atoms with E-state index in [0.717, 1.165) is 48.2 Å². The van der Waals surface area contributed by atoms with Gasteiger partial charge in [0.25, 0.3) is 37.8 Å². The van der Waals surface area contributed by atoms with Gasteiger partial charge < -0.3 is 48.2 Å². The van der Waals surface area contributed by atoms with Gasteiger partial charge in [-0.3, -0.25) is 40.0 Å². The number of carbonyl (C=O) groups excluding carboxylic acids is 5.